The molecule has 1 spiro atoms. The first-order valence-electron chi connectivity index (χ1n) is 7.67. The minimum Gasteiger partial charge on any atom is -0.379 e. The highest BCUT2D eigenvalue weighted by Gasteiger charge is 2.45. The van der Waals surface area contributed by atoms with E-state index in [0.717, 1.165) is 32.3 Å². The van der Waals surface area contributed by atoms with Crippen LogP contribution >= 0.6 is 0 Å². The van der Waals surface area contributed by atoms with Gasteiger partial charge in [0.2, 0.25) is 0 Å². The Hall–Kier alpha value is -0.450. The van der Waals surface area contributed by atoms with Gasteiger partial charge in [0.05, 0.1) is 24.7 Å². The van der Waals surface area contributed by atoms with E-state index in [1.54, 1.807) is 0 Å². The second-order valence-electron chi connectivity index (χ2n) is 6.37. The largest absolute Gasteiger partial charge is 0.379 e. The lowest BCUT2D eigenvalue weighted by molar-refractivity contribution is -0.140. The molecule has 2 heterocycles. The third-order valence-electron chi connectivity index (χ3n) is 5.23. The summed E-state index contributed by atoms with van der Waals surface area (Å²) in [5, 5.41) is 3.22. The van der Waals surface area contributed by atoms with Crippen LogP contribution in [0.25, 0.3) is 0 Å². The standard InChI is InChI=1S/C15H25NO3/c1-16-13-10-18-9-12(13)14(17)11-4-7-19-15(8-11)5-2-3-6-15/h11-13,16H,2-10H2,1H3. The van der Waals surface area contributed by atoms with Crippen molar-refractivity contribution in [1.82, 2.24) is 5.32 Å². The fourth-order valence-electron chi connectivity index (χ4n) is 4.06. The zero-order chi connectivity index (χ0) is 13.3. The van der Waals surface area contributed by atoms with Crippen molar-refractivity contribution in [2.75, 3.05) is 26.9 Å². The fourth-order valence-corrected chi connectivity index (χ4v) is 4.06. The maximum absolute atomic E-state index is 12.7. The van der Waals surface area contributed by atoms with Gasteiger partial charge in [-0.25, -0.2) is 0 Å². The maximum atomic E-state index is 12.7. The number of hydrogen-bond acceptors (Lipinski definition) is 4. The van der Waals surface area contributed by atoms with Gasteiger partial charge in [-0.3, -0.25) is 4.79 Å². The third kappa shape index (κ3) is 2.58. The highest BCUT2D eigenvalue weighted by Crippen LogP contribution is 2.43. The molecule has 3 atom stereocenters. The van der Waals surface area contributed by atoms with Crippen molar-refractivity contribution in [2.24, 2.45) is 11.8 Å². The second kappa shape index (κ2) is 5.51. The Kier molecular flexibility index (Phi) is 3.92. The molecule has 3 rings (SSSR count). The van der Waals surface area contributed by atoms with Crippen molar-refractivity contribution >= 4 is 5.78 Å². The molecule has 3 unspecified atom stereocenters. The lowest BCUT2D eigenvalue weighted by atomic mass is 9.78. The van der Waals surface area contributed by atoms with Crippen molar-refractivity contribution in [1.29, 1.82) is 0 Å². The molecule has 0 radical (unpaired) electrons. The number of Topliss-reactive ketones (excluding diaryl/α,β-unsaturated/α-hetero) is 1. The first-order valence-corrected chi connectivity index (χ1v) is 7.67. The number of hydrogen-bond donors (Lipinski definition) is 1. The molecule has 0 aromatic carbocycles. The average molecular weight is 267 g/mol. The summed E-state index contributed by atoms with van der Waals surface area (Å²) in [5.41, 5.74) is 0.0349. The molecule has 19 heavy (non-hydrogen) atoms. The predicted molar refractivity (Wildman–Crippen MR) is 72.0 cm³/mol. The van der Waals surface area contributed by atoms with Crippen LogP contribution in [0.3, 0.4) is 0 Å². The Morgan fingerprint density at radius 2 is 2.05 bits per heavy atom. The first kappa shape index (κ1) is 13.5. The summed E-state index contributed by atoms with van der Waals surface area (Å²) in [6.45, 7) is 2.02. The number of ketones is 1. The van der Waals surface area contributed by atoms with Crippen LogP contribution in [0.4, 0.5) is 0 Å². The van der Waals surface area contributed by atoms with E-state index >= 15 is 0 Å². The highest BCUT2D eigenvalue weighted by atomic mass is 16.5. The average Bonchev–Trinajstić information content (AvgIpc) is 3.07. The molecule has 0 amide bonds. The molecule has 0 aromatic heterocycles. The van der Waals surface area contributed by atoms with E-state index in [1.165, 1.54) is 12.8 Å². The molecule has 3 aliphatic rings. The summed E-state index contributed by atoms with van der Waals surface area (Å²) in [4.78, 5) is 12.7. The molecule has 4 nitrogen and oxygen atoms in total. The summed E-state index contributed by atoms with van der Waals surface area (Å²) in [7, 11) is 1.92. The maximum Gasteiger partial charge on any atom is 0.143 e. The van der Waals surface area contributed by atoms with E-state index in [0.29, 0.717) is 19.0 Å². The lowest BCUT2D eigenvalue weighted by Gasteiger charge is -2.38. The zero-order valence-corrected chi connectivity index (χ0v) is 11.8. The van der Waals surface area contributed by atoms with Gasteiger partial charge in [-0.2, -0.15) is 0 Å². The van der Waals surface area contributed by atoms with Gasteiger partial charge >= 0.3 is 0 Å². The van der Waals surface area contributed by atoms with E-state index in [9.17, 15) is 4.79 Å². The Bertz CT molecular complexity index is 338. The Labute approximate surface area is 115 Å². The van der Waals surface area contributed by atoms with Gasteiger partial charge in [0, 0.05) is 18.6 Å². The minimum atomic E-state index is 0.0349. The molecule has 0 aromatic rings. The number of nitrogens with one attached hydrogen (secondary N) is 1. The number of carbonyl (C=O) groups is 1. The van der Waals surface area contributed by atoms with Crippen molar-refractivity contribution < 1.29 is 14.3 Å². The van der Waals surface area contributed by atoms with Crippen LogP contribution in [0.5, 0.6) is 0 Å². The van der Waals surface area contributed by atoms with Crippen LogP contribution < -0.4 is 5.32 Å². The molecular weight excluding hydrogens is 242 g/mol. The number of likely N-dealkylation sites (N-methyl/N-ethyl adjacent to an activating group) is 1. The smallest absolute Gasteiger partial charge is 0.143 e. The van der Waals surface area contributed by atoms with Gasteiger partial charge in [0.15, 0.2) is 0 Å². The van der Waals surface area contributed by atoms with E-state index < -0.39 is 0 Å². The Morgan fingerprint density at radius 3 is 2.79 bits per heavy atom. The van der Waals surface area contributed by atoms with Crippen LogP contribution in [0, 0.1) is 11.8 Å². The van der Waals surface area contributed by atoms with Crippen molar-refractivity contribution in [3.8, 4) is 0 Å². The monoisotopic (exact) mass is 267 g/mol. The summed E-state index contributed by atoms with van der Waals surface area (Å²) in [6, 6.07) is 0.204. The van der Waals surface area contributed by atoms with Gasteiger partial charge in [-0.1, -0.05) is 12.8 Å². The van der Waals surface area contributed by atoms with Crippen LogP contribution in [0.15, 0.2) is 0 Å². The van der Waals surface area contributed by atoms with E-state index in [4.69, 9.17) is 9.47 Å². The summed E-state index contributed by atoms with van der Waals surface area (Å²) in [6.07, 6.45) is 6.65. The molecule has 1 saturated carbocycles. The summed E-state index contributed by atoms with van der Waals surface area (Å²) in [5.74, 6) is 0.646. The predicted octanol–water partition coefficient (Wildman–Crippen LogP) is 1.53. The SMILES string of the molecule is CNC1COCC1C(=O)C1CCOC2(CCCC2)C1. The molecule has 108 valence electrons. The Balaban J connectivity index is 1.66. The topological polar surface area (TPSA) is 47.6 Å². The molecule has 4 heteroatoms. The zero-order valence-electron chi connectivity index (χ0n) is 11.8. The number of carbonyl (C=O) groups excluding carboxylic acids is 1. The summed E-state index contributed by atoms with van der Waals surface area (Å²) >= 11 is 0. The lowest BCUT2D eigenvalue weighted by Crippen LogP contribution is -2.45. The van der Waals surface area contributed by atoms with Gasteiger partial charge < -0.3 is 14.8 Å². The van der Waals surface area contributed by atoms with Crippen molar-refractivity contribution in [3.05, 3.63) is 0 Å². The Morgan fingerprint density at radius 1 is 1.26 bits per heavy atom. The molecule has 2 saturated heterocycles. The van der Waals surface area contributed by atoms with Gasteiger partial charge in [0.1, 0.15) is 5.78 Å². The highest BCUT2D eigenvalue weighted by molar-refractivity contribution is 5.84. The third-order valence-corrected chi connectivity index (χ3v) is 5.23. The first-order chi connectivity index (χ1) is 9.24. The van der Waals surface area contributed by atoms with Crippen LogP contribution in [0.1, 0.15) is 38.5 Å². The van der Waals surface area contributed by atoms with Gasteiger partial charge in [0.25, 0.3) is 0 Å². The molecule has 1 N–H and O–H groups in total. The summed E-state index contributed by atoms with van der Waals surface area (Å²) < 4.78 is 11.5. The van der Waals surface area contributed by atoms with E-state index in [2.05, 4.69) is 5.32 Å². The van der Waals surface area contributed by atoms with Gasteiger partial charge in [-0.05, 0) is 32.7 Å². The molecule has 0 bridgehead atoms. The number of ether oxygens (including phenoxy) is 2. The van der Waals surface area contributed by atoms with E-state index in [1.807, 2.05) is 7.05 Å². The van der Waals surface area contributed by atoms with Crippen LogP contribution in [0.2, 0.25) is 0 Å². The molecule has 3 fully saturated rings. The number of rotatable bonds is 3. The quantitative estimate of drug-likeness (QED) is 0.842. The van der Waals surface area contributed by atoms with Crippen molar-refractivity contribution in [2.45, 2.75) is 50.2 Å². The molecule has 2 aliphatic heterocycles. The normalized spacial score (nSPS) is 37.8. The van der Waals surface area contributed by atoms with Gasteiger partial charge in [-0.15, -0.1) is 0 Å². The second-order valence-corrected chi connectivity index (χ2v) is 6.37. The fraction of sp³-hybridized carbons (Fsp3) is 0.933. The van der Waals surface area contributed by atoms with Crippen LogP contribution in [-0.4, -0.2) is 44.3 Å². The van der Waals surface area contributed by atoms with E-state index in [-0.39, 0.29) is 23.5 Å². The van der Waals surface area contributed by atoms with Crippen molar-refractivity contribution in [3.63, 3.8) is 0 Å². The minimum absolute atomic E-state index is 0.0349. The molecular formula is C15H25NO3. The molecule has 1 aliphatic carbocycles. The van der Waals surface area contributed by atoms with Crippen LogP contribution in [-0.2, 0) is 14.3 Å².